The average molecular weight is 328 g/mol. The molecule has 23 heavy (non-hydrogen) atoms. The molecule has 0 spiro atoms. The first-order valence-corrected chi connectivity index (χ1v) is 8.57. The maximum atomic E-state index is 11.9. The van der Waals surface area contributed by atoms with Crippen molar-refractivity contribution in [1.82, 2.24) is 9.88 Å². The molecule has 0 aliphatic rings. The van der Waals surface area contributed by atoms with Crippen LogP contribution in [-0.4, -0.2) is 34.7 Å². The van der Waals surface area contributed by atoms with Crippen molar-refractivity contribution in [3.63, 3.8) is 0 Å². The molecule has 4 nitrogen and oxygen atoms in total. The van der Waals surface area contributed by atoms with E-state index in [1.807, 2.05) is 18.2 Å². The highest BCUT2D eigenvalue weighted by Gasteiger charge is 2.13. The van der Waals surface area contributed by atoms with Crippen LogP contribution >= 0.6 is 11.3 Å². The summed E-state index contributed by atoms with van der Waals surface area (Å²) < 4.78 is 0. The number of hydrogen-bond donors (Lipinski definition) is 2. The van der Waals surface area contributed by atoms with Gasteiger partial charge in [-0.05, 0) is 28.9 Å². The largest absolute Gasteiger partial charge is 0.395 e. The number of hydrogen-bond acceptors (Lipinski definition) is 4. The van der Waals surface area contributed by atoms with Gasteiger partial charge in [-0.3, -0.25) is 9.69 Å². The fourth-order valence-corrected chi connectivity index (χ4v) is 3.64. The predicted octanol–water partition coefficient (Wildman–Crippen LogP) is 3.07. The van der Waals surface area contributed by atoms with Gasteiger partial charge in [0.2, 0.25) is 0 Å². The lowest BCUT2D eigenvalue weighted by molar-refractivity contribution is 0.198. The number of aromatic nitrogens is 1. The Morgan fingerprint density at radius 3 is 2.70 bits per heavy atom. The van der Waals surface area contributed by atoms with Gasteiger partial charge in [-0.1, -0.05) is 54.7 Å². The Morgan fingerprint density at radius 1 is 1.17 bits per heavy atom. The van der Waals surface area contributed by atoms with Gasteiger partial charge in [0.25, 0.3) is 0 Å². The second-order valence-corrected chi connectivity index (χ2v) is 6.53. The average Bonchev–Trinajstić information content (AvgIpc) is 2.94. The monoisotopic (exact) mass is 328 g/mol. The van der Waals surface area contributed by atoms with E-state index in [0.717, 1.165) is 28.1 Å². The van der Waals surface area contributed by atoms with Crippen LogP contribution in [0.2, 0.25) is 0 Å². The second kappa shape index (κ2) is 7.08. The number of H-pyrrole nitrogens is 1. The fraction of sp³-hybridized carbons (Fsp3) is 0.278. The van der Waals surface area contributed by atoms with Crippen LogP contribution in [0, 0.1) is 0 Å². The van der Waals surface area contributed by atoms with Gasteiger partial charge in [0.1, 0.15) is 0 Å². The Morgan fingerprint density at radius 2 is 1.96 bits per heavy atom. The van der Waals surface area contributed by atoms with Crippen molar-refractivity contribution in [3.8, 4) is 11.3 Å². The third kappa shape index (κ3) is 3.52. The zero-order valence-electron chi connectivity index (χ0n) is 13.1. The first-order valence-electron chi connectivity index (χ1n) is 7.75. The maximum Gasteiger partial charge on any atom is 0.305 e. The van der Waals surface area contributed by atoms with E-state index in [1.165, 1.54) is 16.7 Å². The zero-order chi connectivity index (χ0) is 16.2. The lowest BCUT2D eigenvalue weighted by Gasteiger charge is -2.18. The first kappa shape index (κ1) is 15.9. The SMILES string of the molecule is CCN(CCO)Cc1sc(=O)[nH]c1-c1ccc2ccccc2c1. The molecular formula is C18H20N2O2S. The Kier molecular flexibility index (Phi) is 4.91. The van der Waals surface area contributed by atoms with Crippen molar-refractivity contribution in [1.29, 1.82) is 0 Å². The summed E-state index contributed by atoms with van der Waals surface area (Å²) in [5.41, 5.74) is 1.92. The van der Waals surface area contributed by atoms with Crippen LogP contribution < -0.4 is 4.87 Å². The van der Waals surface area contributed by atoms with E-state index >= 15 is 0 Å². The minimum absolute atomic E-state index is 0.0387. The van der Waals surface area contributed by atoms with Crippen molar-refractivity contribution >= 4 is 22.1 Å². The summed E-state index contributed by atoms with van der Waals surface area (Å²) in [4.78, 5) is 17.9. The number of aliphatic hydroxyl groups excluding tert-OH is 1. The highest BCUT2D eigenvalue weighted by atomic mass is 32.1. The molecule has 120 valence electrons. The lowest BCUT2D eigenvalue weighted by Crippen LogP contribution is -2.25. The molecule has 5 heteroatoms. The Balaban J connectivity index is 1.99. The van der Waals surface area contributed by atoms with E-state index in [4.69, 9.17) is 5.11 Å². The molecule has 2 N–H and O–H groups in total. The summed E-state index contributed by atoms with van der Waals surface area (Å²) in [5.74, 6) is 0. The van der Waals surface area contributed by atoms with Crippen LogP contribution in [-0.2, 0) is 6.54 Å². The molecule has 0 unspecified atom stereocenters. The van der Waals surface area contributed by atoms with Gasteiger partial charge >= 0.3 is 4.87 Å². The van der Waals surface area contributed by atoms with E-state index in [2.05, 4.69) is 41.1 Å². The van der Waals surface area contributed by atoms with Crippen LogP contribution in [0.3, 0.4) is 0 Å². The van der Waals surface area contributed by atoms with E-state index in [-0.39, 0.29) is 11.5 Å². The van der Waals surface area contributed by atoms with E-state index in [1.54, 1.807) is 0 Å². The molecule has 3 rings (SSSR count). The van der Waals surface area contributed by atoms with Crippen molar-refractivity contribution in [2.45, 2.75) is 13.5 Å². The molecule has 0 saturated carbocycles. The van der Waals surface area contributed by atoms with Crippen molar-refractivity contribution in [3.05, 3.63) is 57.0 Å². The minimum Gasteiger partial charge on any atom is -0.395 e. The van der Waals surface area contributed by atoms with Gasteiger partial charge in [0.05, 0.1) is 12.3 Å². The Hall–Kier alpha value is -1.95. The molecule has 0 fully saturated rings. The van der Waals surface area contributed by atoms with Gasteiger partial charge < -0.3 is 10.1 Å². The summed E-state index contributed by atoms with van der Waals surface area (Å²) in [5, 5.41) is 11.5. The van der Waals surface area contributed by atoms with Crippen LogP contribution in [0.4, 0.5) is 0 Å². The number of thiazole rings is 1. The maximum absolute atomic E-state index is 11.9. The molecule has 0 bridgehead atoms. The van der Waals surface area contributed by atoms with Gasteiger partial charge in [-0.25, -0.2) is 0 Å². The summed E-state index contributed by atoms with van der Waals surface area (Å²) in [6.45, 7) is 4.30. The normalized spacial score (nSPS) is 11.4. The number of nitrogens with zero attached hydrogens (tertiary/aromatic N) is 1. The van der Waals surface area contributed by atoms with E-state index in [0.29, 0.717) is 13.1 Å². The number of fused-ring (bicyclic) bond motifs is 1. The zero-order valence-corrected chi connectivity index (χ0v) is 13.9. The van der Waals surface area contributed by atoms with Crippen molar-refractivity contribution in [2.75, 3.05) is 19.7 Å². The van der Waals surface area contributed by atoms with Crippen LogP contribution in [0.5, 0.6) is 0 Å². The van der Waals surface area contributed by atoms with Gasteiger partial charge in [-0.2, -0.15) is 0 Å². The molecule has 0 amide bonds. The minimum atomic E-state index is -0.0387. The second-order valence-electron chi connectivity index (χ2n) is 5.47. The van der Waals surface area contributed by atoms with Gasteiger partial charge in [0.15, 0.2) is 0 Å². The number of aromatic amines is 1. The highest BCUT2D eigenvalue weighted by Crippen LogP contribution is 2.27. The fourth-order valence-electron chi connectivity index (χ4n) is 2.74. The van der Waals surface area contributed by atoms with Crippen molar-refractivity contribution < 1.29 is 5.11 Å². The lowest BCUT2D eigenvalue weighted by atomic mass is 10.0. The van der Waals surface area contributed by atoms with Gasteiger partial charge in [-0.15, -0.1) is 0 Å². The third-order valence-corrected chi connectivity index (χ3v) is 4.86. The number of likely N-dealkylation sites (N-methyl/N-ethyl adjacent to an activating group) is 1. The molecule has 0 saturated heterocycles. The van der Waals surface area contributed by atoms with Crippen molar-refractivity contribution in [2.24, 2.45) is 0 Å². The Labute approximate surface area is 139 Å². The molecule has 0 radical (unpaired) electrons. The Bertz CT molecular complexity index is 853. The standard InChI is InChI=1S/C18H20N2O2S/c1-2-20(9-10-21)12-16-17(19-18(22)23-16)15-8-7-13-5-3-4-6-14(13)11-15/h3-8,11,21H,2,9-10,12H2,1H3,(H,19,22). The summed E-state index contributed by atoms with van der Waals surface area (Å²) in [6.07, 6.45) is 0. The molecule has 2 aromatic carbocycles. The van der Waals surface area contributed by atoms with E-state index in [9.17, 15) is 4.79 Å². The molecular weight excluding hydrogens is 308 g/mol. The molecule has 1 aromatic heterocycles. The van der Waals surface area contributed by atoms with Crippen LogP contribution in [0.25, 0.3) is 22.0 Å². The number of aliphatic hydroxyl groups is 1. The number of nitrogens with one attached hydrogen (secondary N) is 1. The predicted molar refractivity (Wildman–Crippen MR) is 95.9 cm³/mol. The third-order valence-electron chi connectivity index (χ3n) is 3.99. The van der Waals surface area contributed by atoms with Crippen LogP contribution in [0.1, 0.15) is 11.8 Å². The van der Waals surface area contributed by atoms with Gasteiger partial charge in [0, 0.05) is 18.0 Å². The molecule has 0 atom stereocenters. The molecule has 3 aromatic rings. The van der Waals surface area contributed by atoms with Crippen LogP contribution in [0.15, 0.2) is 47.3 Å². The summed E-state index contributed by atoms with van der Waals surface area (Å²) in [7, 11) is 0. The molecule has 0 aliphatic heterocycles. The first-order chi connectivity index (χ1) is 11.2. The number of benzene rings is 2. The summed E-state index contributed by atoms with van der Waals surface area (Å²) in [6, 6.07) is 14.4. The quantitative estimate of drug-likeness (QED) is 0.731. The smallest absolute Gasteiger partial charge is 0.305 e. The van der Waals surface area contributed by atoms with E-state index < -0.39 is 0 Å². The molecule has 0 aliphatic carbocycles. The highest BCUT2D eigenvalue weighted by molar-refractivity contribution is 7.09. The topological polar surface area (TPSA) is 56.3 Å². The number of rotatable bonds is 6. The molecule has 1 heterocycles. The summed E-state index contributed by atoms with van der Waals surface area (Å²) >= 11 is 1.25.